The van der Waals surface area contributed by atoms with Crippen molar-refractivity contribution in [2.24, 2.45) is 5.92 Å². The van der Waals surface area contributed by atoms with Gasteiger partial charge in [-0.2, -0.15) is 0 Å². The standard InChI is InChI=1S/C29H46O4/c1-4-6-9-12-25-13-15-26(16-14-25)27-17-19-28(20-18-27)32-22-11-8-7-10-21-31-23-24(3)33-29(30)5-2/h5,17-20,24-26H,2,4,6-16,21-23H2,1,3H3/t24-,25?,26?/m0/s1. The molecule has 1 aromatic carbocycles. The van der Waals surface area contributed by atoms with Crippen LogP contribution in [0, 0.1) is 5.92 Å². The molecule has 0 aromatic heterocycles. The van der Waals surface area contributed by atoms with Crippen LogP contribution in [-0.2, 0) is 14.3 Å². The maximum absolute atomic E-state index is 11.1. The summed E-state index contributed by atoms with van der Waals surface area (Å²) in [6.45, 7) is 9.39. The van der Waals surface area contributed by atoms with Crippen molar-refractivity contribution in [3.63, 3.8) is 0 Å². The van der Waals surface area contributed by atoms with Gasteiger partial charge in [0.05, 0.1) is 13.2 Å². The van der Waals surface area contributed by atoms with Gasteiger partial charge in [-0.15, -0.1) is 0 Å². The second-order valence-corrected chi connectivity index (χ2v) is 9.57. The molecule has 0 bridgehead atoms. The third-order valence-electron chi connectivity index (χ3n) is 6.70. The van der Waals surface area contributed by atoms with Crippen LogP contribution in [0.25, 0.3) is 0 Å². The number of carbonyl (C=O) groups is 1. The number of hydrogen-bond acceptors (Lipinski definition) is 4. The van der Waals surface area contributed by atoms with Gasteiger partial charge in [0, 0.05) is 12.7 Å². The summed E-state index contributed by atoms with van der Waals surface area (Å²) in [5.41, 5.74) is 1.49. The minimum atomic E-state index is -0.402. The molecular formula is C29H46O4. The van der Waals surface area contributed by atoms with Gasteiger partial charge in [-0.1, -0.05) is 57.7 Å². The first-order valence-electron chi connectivity index (χ1n) is 13.3. The van der Waals surface area contributed by atoms with E-state index in [1.807, 2.05) is 6.92 Å². The second-order valence-electron chi connectivity index (χ2n) is 9.57. The molecule has 0 N–H and O–H groups in total. The van der Waals surface area contributed by atoms with E-state index in [1.165, 1.54) is 63.0 Å². The molecule has 1 aliphatic rings. The third kappa shape index (κ3) is 11.7. The van der Waals surface area contributed by atoms with E-state index in [1.54, 1.807) is 0 Å². The summed E-state index contributed by atoms with van der Waals surface area (Å²) in [4.78, 5) is 11.1. The first kappa shape index (κ1) is 27.4. The van der Waals surface area contributed by atoms with Crippen LogP contribution in [0.5, 0.6) is 5.75 Å². The Balaban J connectivity index is 1.49. The quantitative estimate of drug-likeness (QED) is 0.137. The molecule has 1 fully saturated rings. The first-order chi connectivity index (χ1) is 16.1. The average Bonchev–Trinajstić information content (AvgIpc) is 2.84. The summed E-state index contributed by atoms with van der Waals surface area (Å²) < 4.78 is 16.6. The Kier molecular flexibility index (Phi) is 13.9. The van der Waals surface area contributed by atoms with Crippen molar-refractivity contribution in [1.82, 2.24) is 0 Å². The van der Waals surface area contributed by atoms with E-state index in [-0.39, 0.29) is 6.10 Å². The summed E-state index contributed by atoms with van der Waals surface area (Å²) in [7, 11) is 0. The normalized spacial score (nSPS) is 19.1. The fraction of sp³-hybridized carbons (Fsp3) is 0.690. The predicted octanol–water partition coefficient (Wildman–Crippen LogP) is 7.61. The van der Waals surface area contributed by atoms with E-state index < -0.39 is 5.97 Å². The average molecular weight is 459 g/mol. The Morgan fingerprint density at radius 2 is 1.70 bits per heavy atom. The molecule has 0 aliphatic heterocycles. The van der Waals surface area contributed by atoms with Crippen LogP contribution in [0.1, 0.15) is 102 Å². The summed E-state index contributed by atoms with van der Waals surface area (Å²) >= 11 is 0. The highest BCUT2D eigenvalue weighted by Gasteiger charge is 2.22. The Morgan fingerprint density at radius 3 is 2.36 bits per heavy atom. The lowest BCUT2D eigenvalue weighted by Crippen LogP contribution is -2.19. The summed E-state index contributed by atoms with van der Waals surface area (Å²) in [5, 5.41) is 0. The van der Waals surface area contributed by atoms with Crippen molar-refractivity contribution in [3.05, 3.63) is 42.5 Å². The lowest BCUT2D eigenvalue weighted by molar-refractivity contribution is -0.144. The lowest BCUT2D eigenvalue weighted by atomic mass is 9.77. The zero-order valence-electron chi connectivity index (χ0n) is 21.1. The van der Waals surface area contributed by atoms with Crippen molar-refractivity contribution in [2.45, 2.75) is 103 Å². The molecule has 0 spiro atoms. The molecule has 33 heavy (non-hydrogen) atoms. The number of ether oxygens (including phenoxy) is 3. The maximum atomic E-state index is 11.1. The van der Waals surface area contributed by atoms with Crippen LogP contribution in [0.3, 0.4) is 0 Å². The minimum Gasteiger partial charge on any atom is -0.494 e. The van der Waals surface area contributed by atoms with Crippen molar-refractivity contribution in [1.29, 1.82) is 0 Å². The summed E-state index contributed by atoms with van der Waals surface area (Å²) in [5.74, 6) is 2.28. The molecule has 1 aromatic rings. The molecular weight excluding hydrogens is 412 g/mol. The SMILES string of the molecule is C=CC(=O)O[C@@H](C)COCCCCCCOc1ccc(C2CCC(CCCCC)CC2)cc1. The molecule has 0 heterocycles. The molecule has 4 nitrogen and oxygen atoms in total. The van der Waals surface area contributed by atoms with E-state index in [0.29, 0.717) is 13.2 Å². The van der Waals surface area contributed by atoms with Gasteiger partial charge in [0.2, 0.25) is 0 Å². The fourth-order valence-corrected chi connectivity index (χ4v) is 4.68. The highest BCUT2D eigenvalue weighted by Crippen LogP contribution is 2.38. The van der Waals surface area contributed by atoms with Gasteiger partial charge in [-0.25, -0.2) is 4.79 Å². The predicted molar refractivity (Wildman–Crippen MR) is 136 cm³/mol. The Hall–Kier alpha value is -1.81. The van der Waals surface area contributed by atoms with Crippen molar-refractivity contribution < 1.29 is 19.0 Å². The lowest BCUT2D eigenvalue weighted by Gasteiger charge is -2.29. The van der Waals surface area contributed by atoms with Crippen molar-refractivity contribution in [2.75, 3.05) is 19.8 Å². The zero-order chi connectivity index (χ0) is 23.7. The van der Waals surface area contributed by atoms with Crippen LogP contribution in [-0.4, -0.2) is 31.9 Å². The smallest absolute Gasteiger partial charge is 0.330 e. The topological polar surface area (TPSA) is 44.8 Å². The number of rotatable bonds is 17. The van der Waals surface area contributed by atoms with E-state index >= 15 is 0 Å². The first-order valence-corrected chi connectivity index (χ1v) is 13.3. The minimum absolute atomic E-state index is 0.235. The molecule has 2 rings (SSSR count). The van der Waals surface area contributed by atoms with Crippen LogP contribution in [0.15, 0.2) is 36.9 Å². The Bertz CT molecular complexity index is 646. The van der Waals surface area contributed by atoms with Gasteiger partial charge in [0.15, 0.2) is 0 Å². The molecule has 0 unspecified atom stereocenters. The van der Waals surface area contributed by atoms with Gasteiger partial charge in [0.1, 0.15) is 11.9 Å². The number of unbranched alkanes of at least 4 members (excludes halogenated alkanes) is 5. The summed E-state index contributed by atoms with van der Waals surface area (Å²) in [6.07, 6.45) is 16.3. The van der Waals surface area contributed by atoms with E-state index in [2.05, 4.69) is 37.8 Å². The third-order valence-corrected chi connectivity index (χ3v) is 6.70. The molecule has 0 amide bonds. The van der Waals surface area contributed by atoms with Crippen LogP contribution < -0.4 is 4.74 Å². The van der Waals surface area contributed by atoms with Crippen LogP contribution >= 0.6 is 0 Å². The Labute approximate surface area is 202 Å². The monoisotopic (exact) mass is 458 g/mol. The van der Waals surface area contributed by atoms with E-state index in [0.717, 1.165) is 49.9 Å². The molecule has 4 heteroatoms. The van der Waals surface area contributed by atoms with Gasteiger partial charge < -0.3 is 14.2 Å². The fourth-order valence-electron chi connectivity index (χ4n) is 4.68. The molecule has 0 saturated heterocycles. The number of carbonyl (C=O) groups excluding carboxylic acids is 1. The second kappa shape index (κ2) is 16.7. The van der Waals surface area contributed by atoms with Gasteiger partial charge in [0.25, 0.3) is 0 Å². The van der Waals surface area contributed by atoms with Crippen molar-refractivity contribution >= 4 is 5.97 Å². The van der Waals surface area contributed by atoms with Gasteiger partial charge in [-0.05, 0) is 81.4 Å². The largest absolute Gasteiger partial charge is 0.494 e. The molecule has 1 aliphatic carbocycles. The highest BCUT2D eigenvalue weighted by molar-refractivity contribution is 5.81. The van der Waals surface area contributed by atoms with Crippen LogP contribution in [0.2, 0.25) is 0 Å². The van der Waals surface area contributed by atoms with Crippen molar-refractivity contribution in [3.8, 4) is 5.75 Å². The molecule has 0 radical (unpaired) electrons. The van der Waals surface area contributed by atoms with Crippen LogP contribution in [0.4, 0.5) is 0 Å². The van der Waals surface area contributed by atoms with Gasteiger partial charge in [-0.3, -0.25) is 0 Å². The van der Waals surface area contributed by atoms with E-state index in [4.69, 9.17) is 14.2 Å². The number of esters is 1. The zero-order valence-corrected chi connectivity index (χ0v) is 21.1. The molecule has 186 valence electrons. The van der Waals surface area contributed by atoms with E-state index in [9.17, 15) is 4.79 Å². The summed E-state index contributed by atoms with van der Waals surface area (Å²) in [6, 6.07) is 8.86. The van der Waals surface area contributed by atoms with Gasteiger partial charge >= 0.3 is 5.97 Å². The number of benzene rings is 1. The Morgan fingerprint density at radius 1 is 1.00 bits per heavy atom. The number of hydrogen-bond donors (Lipinski definition) is 0. The highest BCUT2D eigenvalue weighted by atomic mass is 16.6. The maximum Gasteiger partial charge on any atom is 0.330 e. The molecule has 1 saturated carbocycles. The molecule has 1 atom stereocenters.